The van der Waals surface area contributed by atoms with Gasteiger partial charge in [0.05, 0.1) is 0 Å². The van der Waals surface area contributed by atoms with Gasteiger partial charge in [0.25, 0.3) is 5.91 Å². The van der Waals surface area contributed by atoms with Crippen molar-refractivity contribution < 1.29 is 9.90 Å². The molecule has 3 aromatic carbocycles. The normalized spacial score (nSPS) is 11.5. The minimum absolute atomic E-state index is 0.182. The molecule has 4 aromatic rings. The fourth-order valence-electron chi connectivity index (χ4n) is 3.45. The Morgan fingerprint density at radius 1 is 0.848 bits per heavy atom. The molecule has 0 aliphatic rings. The highest BCUT2D eigenvalue weighted by Crippen LogP contribution is 2.47. The van der Waals surface area contributed by atoms with Gasteiger partial charge in [0.1, 0.15) is 11.4 Å². The van der Waals surface area contributed by atoms with Crippen molar-refractivity contribution in [2.45, 2.75) is 12.8 Å². The van der Waals surface area contributed by atoms with Crippen molar-refractivity contribution in [3.8, 4) is 5.75 Å². The maximum Gasteiger partial charge on any atom is 0.295 e. The van der Waals surface area contributed by atoms with E-state index in [4.69, 9.17) is 5.73 Å². The van der Waals surface area contributed by atoms with Gasteiger partial charge in [-0.1, -0.05) is 48.5 Å². The van der Waals surface area contributed by atoms with Crippen LogP contribution in [0.4, 0.5) is 17.2 Å². The maximum atomic E-state index is 12.5. The van der Waals surface area contributed by atoms with Crippen LogP contribution in [0.2, 0.25) is 0 Å². The number of aromatic hydroxyl groups is 1. The van der Waals surface area contributed by atoms with E-state index in [0.29, 0.717) is 36.2 Å². The molecule has 4 rings (SSSR count). The lowest BCUT2D eigenvalue weighted by Gasteiger charge is -2.13. The van der Waals surface area contributed by atoms with E-state index in [9.17, 15) is 9.90 Å². The third kappa shape index (κ3) is 4.97. The number of phenols is 1. The van der Waals surface area contributed by atoms with Crippen LogP contribution in [-0.4, -0.2) is 22.5 Å². The first-order chi connectivity index (χ1) is 16.2. The van der Waals surface area contributed by atoms with E-state index >= 15 is 0 Å². The smallest absolute Gasteiger partial charge is 0.295 e. The minimum Gasteiger partial charge on any atom is -0.504 e. The number of carbonyl (C=O) groups excluding carboxylic acids is 1. The third-order valence-electron chi connectivity index (χ3n) is 5.04. The predicted molar refractivity (Wildman–Crippen MR) is 127 cm³/mol. The largest absolute Gasteiger partial charge is 0.504 e. The summed E-state index contributed by atoms with van der Waals surface area (Å²) in [5.41, 5.74) is 7.30. The van der Waals surface area contributed by atoms with E-state index in [0.717, 1.165) is 10.9 Å². The number of benzene rings is 3. The van der Waals surface area contributed by atoms with E-state index in [2.05, 4.69) is 25.4 Å². The highest BCUT2D eigenvalue weighted by Gasteiger charge is 2.19. The summed E-state index contributed by atoms with van der Waals surface area (Å²) in [6.07, 6.45) is 2.83. The van der Waals surface area contributed by atoms with Gasteiger partial charge in [-0.05, 0) is 54.6 Å². The average molecular weight is 438 g/mol. The van der Waals surface area contributed by atoms with Crippen molar-refractivity contribution in [3.05, 3.63) is 90.1 Å². The SMILES string of the molecule is NCCCc1c(N=NC(=O)c2ccccc2)c(O)c(N=Nc2ccccn2)c2ccccc12. The van der Waals surface area contributed by atoms with Crippen molar-refractivity contribution in [2.24, 2.45) is 26.2 Å². The molecule has 8 nitrogen and oxygen atoms in total. The Morgan fingerprint density at radius 2 is 1.58 bits per heavy atom. The molecule has 0 unspecified atom stereocenters. The molecule has 1 amide bonds. The number of fused-ring (bicyclic) bond motifs is 1. The van der Waals surface area contributed by atoms with Gasteiger partial charge in [-0.2, -0.15) is 0 Å². The average Bonchev–Trinajstić information content (AvgIpc) is 2.87. The highest BCUT2D eigenvalue weighted by atomic mass is 16.3. The third-order valence-corrected chi connectivity index (χ3v) is 5.04. The van der Waals surface area contributed by atoms with Crippen LogP contribution < -0.4 is 5.73 Å². The molecule has 0 bridgehead atoms. The standard InChI is InChI=1S/C25H22N6O2/c26-15-8-13-20-18-11-4-5-12-19(18)22(29-28-21-14-6-7-16-27-21)24(32)23(20)30-31-25(33)17-9-2-1-3-10-17/h1-7,9-12,14,16,32H,8,13,15,26H2. The van der Waals surface area contributed by atoms with Crippen molar-refractivity contribution in [1.82, 2.24) is 4.98 Å². The van der Waals surface area contributed by atoms with E-state index in [1.54, 1.807) is 48.7 Å². The van der Waals surface area contributed by atoms with Crippen molar-refractivity contribution in [2.75, 3.05) is 6.54 Å². The molecule has 0 saturated carbocycles. The lowest BCUT2D eigenvalue weighted by molar-refractivity contribution is 0.0995. The quantitative estimate of drug-likeness (QED) is 0.334. The molecule has 0 spiro atoms. The number of nitrogens with zero attached hydrogens (tertiary/aromatic N) is 5. The summed E-state index contributed by atoms with van der Waals surface area (Å²) < 4.78 is 0. The number of amides is 1. The second-order valence-corrected chi connectivity index (χ2v) is 7.22. The molecular weight excluding hydrogens is 416 g/mol. The molecule has 0 fully saturated rings. The van der Waals surface area contributed by atoms with Gasteiger partial charge in [0.2, 0.25) is 0 Å². The van der Waals surface area contributed by atoms with Gasteiger partial charge < -0.3 is 10.8 Å². The Balaban J connectivity index is 1.86. The summed E-state index contributed by atoms with van der Waals surface area (Å²) in [6, 6.07) is 21.4. The summed E-state index contributed by atoms with van der Waals surface area (Å²) in [5, 5.41) is 29.2. The summed E-state index contributed by atoms with van der Waals surface area (Å²) >= 11 is 0. The van der Waals surface area contributed by atoms with Gasteiger partial charge >= 0.3 is 0 Å². The van der Waals surface area contributed by atoms with Gasteiger partial charge in [-0.15, -0.1) is 20.5 Å². The Hall–Kier alpha value is -4.30. The Morgan fingerprint density at radius 3 is 2.30 bits per heavy atom. The van der Waals surface area contributed by atoms with Crippen molar-refractivity contribution in [3.63, 3.8) is 0 Å². The van der Waals surface area contributed by atoms with Gasteiger partial charge in [0, 0.05) is 17.1 Å². The number of aromatic nitrogens is 1. The second kappa shape index (κ2) is 10.3. The molecule has 164 valence electrons. The Labute approximate surface area is 190 Å². The lowest BCUT2D eigenvalue weighted by Crippen LogP contribution is -2.01. The number of aryl methyl sites for hydroxylation is 1. The van der Waals surface area contributed by atoms with Crippen LogP contribution in [0, 0.1) is 0 Å². The zero-order valence-electron chi connectivity index (χ0n) is 17.8. The zero-order valence-corrected chi connectivity index (χ0v) is 17.8. The highest BCUT2D eigenvalue weighted by molar-refractivity contribution is 6.02. The molecule has 8 heteroatoms. The number of nitrogens with two attached hydrogens (primary N) is 1. The van der Waals surface area contributed by atoms with Crippen LogP contribution in [-0.2, 0) is 6.42 Å². The number of azo groups is 2. The molecule has 1 aromatic heterocycles. The molecule has 0 aliphatic carbocycles. The molecular formula is C25H22N6O2. The van der Waals surface area contributed by atoms with Crippen LogP contribution in [0.1, 0.15) is 22.3 Å². The monoisotopic (exact) mass is 438 g/mol. The first-order valence-electron chi connectivity index (χ1n) is 10.5. The summed E-state index contributed by atoms with van der Waals surface area (Å²) in [7, 11) is 0. The maximum absolute atomic E-state index is 12.5. The van der Waals surface area contributed by atoms with Crippen molar-refractivity contribution >= 4 is 33.9 Å². The Bertz CT molecular complexity index is 1320. The number of carbonyl (C=O) groups is 1. The van der Waals surface area contributed by atoms with Crippen LogP contribution in [0.25, 0.3) is 10.8 Å². The van der Waals surface area contributed by atoms with Gasteiger partial charge in [-0.3, -0.25) is 4.79 Å². The summed E-state index contributed by atoms with van der Waals surface area (Å²) in [4.78, 5) is 16.6. The zero-order chi connectivity index (χ0) is 23.0. The number of hydrogen-bond acceptors (Lipinski definition) is 7. The molecule has 1 heterocycles. The fraction of sp³-hybridized carbons (Fsp3) is 0.120. The van der Waals surface area contributed by atoms with E-state index < -0.39 is 5.91 Å². The number of phenolic OH excluding ortho intramolecular Hbond substituents is 1. The molecule has 0 aliphatic heterocycles. The topological polar surface area (TPSA) is 126 Å². The Kier molecular flexibility index (Phi) is 6.87. The minimum atomic E-state index is -0.510. The fourth-order valence-corrected chi connectivity index (χ4v) is 3.45. The predicted octanol–water partition coefficient (Wildman–Crippen LogP) is 6.17. The molecule has 0 atom stereocenters. The molecule has 33 heavy (non-hydrogen) atoms. The van der Waals surface area contributed by atoms with Gasteiger partial charge in [0.15, 0.2) is 11.6 Å². The lowest BCUT2D eigenvalue weighted by atomic mass is 9.96. The van der Waals surface area contributed by atoms with Crippen LogP contribution in [0.5, 0.6) is 5.75 Å². The summed E-state index contributed by atoms with van der Waals surface area (Å²) in [6.45, 7) is 0.468. The van der Waals surface area contributed by atoms with Gasteiger partial charge in [-0.25, -0.2) is 4.98 Å². The van der Waals surface area contributed by atoms with Crippen LogP contribution >= 0.6 is 0 Å². The first kappa shape index (κ1) is 21.9. The first-order valence-corrected chi connectivity index (χ1v) is 10.5. The van der Waals surface area contributed by atoms with E-state index in [-0.39, 0.29) is 17.1 Å². The molecule has 0 radical (unpaired) electrons. The number of rotatable bonds is 7. The number of pyridine rings is 1. The second-order valence-electron chi connectivity index (χ2n) is 7.22. The van der Waals surface area contributed by atoms with Crippen LogP contribution in [0.15, 0.2) is 99.5 Å². The van der Waals surface area contributed by atoms with E-state index in [1.807, 2.05) is 30.3 Å². The van der Waals surface area contributed by atoms with Crippen molar-refractivity contribution in [1.29, 1.82) is 0 Å². The molecule has 3 N–H and O–H groups in total. The molecule has 0 saturated heterocycles. The number of hydrogen-bond donors (Lipinski definition) is 2. The summed E-state index contributed by atoms with van der Waals surface area (Å²) in [5.74, 6) is -0.315. The van der Waals surface area contributed by atoms with E-state index in [1.165, 1.54) is 0 Å². The van der Waals surface area contributed by atoms with Crippen LogP contribution in [0.3, 0.4) is 0 Å².